The Balaban J connectivity index is 1.67. The molecule has 0 aromatic heterocycles. The number of carbonyl (C=O) groups is 2. The van der Waals surface area contributed by atoms with Gasteiger partial charge < -0.3 is 5.32 Å². The number of benzene rings is 4. The van der Waals surface area contributed by atoms with Crippen molar-refractivity contribution >= 4 is 39.1 Å². The summed E-state index contributed by atoms with van der Waals surface area (Å²) < 4.78 is 27.6. The summed E-state index contributed by atoms with van der Waals surface area (Å²) in [5, 5.41) is 3.12. The highest BCUT2D eigenvalue weighted by Gasteiger charge is 2.32. The van der Waals surface area contributed by atoms with Gasteiger partial charge in [-0.25, -0.2) is 12.7 Å². The van der Waals surface area contributed by atoms with E-state index in [0.717, 1.165) is 16.7 Å². The fraction of sp³-hybridized carbons (Fsp3) is 0.0714. The maximum atomic E-state index is 13.5. The molecule has 6 nitrogen and oxygen atoms in total. The maximum Gasteiger partial charge on any atom is 0.268 e. The van der Waals surface area contributed by atoms with Gasteiger partial charge in [0.2, 0.25) is 5.91 Å². The molecule has 0 radical (unpaired) electrons. The quantitative estimate of drug-likeness (QED) is 0.336. The number of para-hydroxylation sites is 1. The molecule has 182 valence electrons. The zero-order chi connectivity index (χ0) is 25.7. The van der Waals surface area contributed by atoms with E-state index >= 15 is 0 Å². The van der Waals surface area contributed by atoms with Crippen molar-refractivity contribution in [3.63, 3.8) is 0 Å². The summed E-state index contributed by atoms with van der Waals surface area (Å²) in [4.78, 5) is 26.3. The third kappa shape index (κ3) is 5.64. The summed E-state index contributed by atoms with van der Waals surface area (Å²) in [5.41, 5.74) is 3.21. The van der Waals surface area contributed by atoms with Crippen LogP contribution in [0.5, 0.6) is 0 Å². The molecule has 0 aliphatic heterocycles. The minimum Gasteiger partial charge on any atom is -0.324 e. The Morgan fingerprint density at radius 1 is 0.806 bits per heavy atom. The minimum atomic E-state index is -4.36. The largest absolute Gasteiger partial charge is 0.324 e. The monoisotopic (exact) mass is 518 g/mol. The summed E-state index contributed by atoms with van der Waals surface area (Å²) in [6.07, 6.45) is 0. The van der Waals surface area contributed by atoms with E-state index in [2.05, 4.69) is 5.32 Å². The number of anilines is 1. The van der Waals surface area contributed by atoms with Gasteiger partial charge in [0.25, 0.3) is 15.9 Å². The number of amides is 2. The van der Waals surface area contributed by atoms with Crippen LogP contribution in [-0.2, 0) is 14.8 Å². The topological polar surface area (TPSA) is 83.6 Å². The summed E-state index contributed by atoms with van der Waals surface area (Å²) in [5.74, 6) is -1.46. The molecule has 8 heteroatoms. The van der Waals surface area contributed by atoms with Gasteiger partial charge in [-0.2, -0.15) is 0 Å². The van der Waals surface area contributed by atoms with Gasteiger partial charge in [-0.15, -0.1) is 0 Å². The molecule has 4 aromatic carbocycles. The summed E-state index contributed by atoms with van der Waals surface area (Å²) in [6, 6.07) is 28.6. The number of hydrogen-bond acceptors (Lipinski definition) is 4. The molecular formula is C28H23ClN2O4S. The van der Waals surface area contributed by atoms with Gasteiger partial charge in [0, 0.05) is 21.8 Å². The highest BCUT2D eigenvalue weighted by Crippen LogP contribution is 2.28. The van der Waals surface area contributed by atoms with E-state index in [1.807, 2.05) is 49.4 Å². The second-order valence-electron chi connectivity index (χ2n) is 8.10. The molecular weight excluding hydrogens is 496 g/mol. The van der Waals surface area contributed by atoms with Crippen LogP contribution in [0.15, 0.2) is 108 Å². The lowest BCUT2D eigenvalue weighted by Crippen LogP contribution is -2.42. The molecule has 0 unspecified atom stereocenters. The normalized spacial score (nSPS) is 11.1. The van der Waals surface area contributed by atoms with Crippen LogP contribution in [0.25, 0.3) is 11.1 Å². The Morgan fingerprint density at radius 2 is 1.42 bits per heavy atom. The number of rotatable bonds is 7. The Bertz CT molecular complexity index is 1490. The van der Waals surface area contributed by atoms with Crippen molar-refractivity contribution in [2.24, 2.45) is 0 Å². The maximum absolute atomic E-state index is 13.5. The van der Waals surface area contributed by atoms with Crippen LogP contribution in [0.2, 0.25) is 5.02 Å². The van der Waals surface area contributed by atoms with Gasteiger partial charge in [0.05, 0.1) is 4.90 Å². The van der Waals surface area contributed by atoms with E-state index in [0.29, 0.717) is 15.0 Å². The first kappa shape index (κ1) is 25.2. The van der Waals surface area contributed by atoms with Crippen molar-refractivity contribution in [2.45, 2.75) is 11.8 Å². The number of halogens is 1. The zero-order valence-corrected chi connectivity index (χ0v) is 21.0. The van der Waals surface area contributed by atoms with Crippen LogP contribution in [0.1, 0.15) is 15.9 Å². The molecule has 36 heavy (non-hydrogen) atoms. The molecule has 0 saturated heterocycles. The molecule has 2 amide bonds. The van der Waals surface area contributed by atoms with Crippen LogP contribution in [0, 0.1) is 6.92 Å². The zero-order valence-electron chi connectivity index (χ0n) is 19.4. The van der Waals surface area contributed by atoms with E-state index in [-0.39, 0.29) is 10.5 Å². The van der Waals surface area contributed by atoms with Gasteiger partial charge in [-0.05, 0) is 55.0 Å². The second kappa shape index (κ2) is 10.8. The van der Waals surface area contributed by atoms with Gasteiger partial charge in [0.15, 0.2) is 0 Å². The Labute approximate surface area is 215 Å². The molecule has 1 N–H and O–H groups in total. The Morgan fingerprint density at radius 3 is 2.08 bits per heavy atom. The highest BCUT2D eigenvalue weighted by molar-refractivity contribution is 7.89. The van der Waals surface area contributed by atoms with E-state index in [1.165, 1.54) is 36.4 Å². The molecule has 0 saturated carbocycles. The fourth-order valence-corrected chi connectivity index (χ4v) is 5.09. The van der Waals surface area contributed by atoms with Crippen molar-refractivity contribution < 1.29 is 18.0 Å². The predicted octanol–water partition coefficient (Wildman–Crippen LogP) is 5.79. The first-order valence-corrected chi connectivity index (χ1v) is 12.9. The van der Waals surface area contributed by atoms with Crippen LogP contribution >= 0.6 is 11.6 Å². The van der Waals surface area contributed by atoms with Crippen LogP contribution in [0.4, 0.5) is 5.69 Å². The van der Waals surface area contributed by atoms with Crippen LogP contribution < -0.4 is 5.32 Å². The number of hydrogen-bond donors (Lipinski definition) is 1. The second-order valence-corrected chi connectivity index (χ2v) is 10.4. The van der Waals surface area contributed by atoms with Crippen molar-refractivity contribution in [1.82, 2.24) is 4.31 Å². The third-order valence-corrected chi connectivity index (χ3v) is 7.49. The lowest BCUT2D eigenvalue weighted by molar-refractivity contribution is -0.116. The molecule has 4 aromatic rings. The van der Waals surface area contributed by atoms with Crippen molar-refractivity contribution in [3.8, 4) is 11.1 Å². The SMILES string of the molecule is Cc1ccc(C(=O)N(CC(=O)Nc2ccccc2-c2ccccc2)S(=O)(=O)c2ccc(Cl)cc2)cc1. The van der Waals surface area contributed by atoms with Gasteiger partial charge >= 0.3 is 0 Å². The Hall–Kier alpha value is -3.94. The summed E-state index contributed by atoms with van der Waals surface area (Å²) in [7, 11) is -4.36. The molecule has 0 aliphatic carbocycles. The number of nitrogens with one attached hydrogen (secondary N) is 1. The van der Waals surface area contributed by atoms with Crippen LogP contribution in [-0.4, -0.2) is 31.1 Å². The van der Waals surface area contributed by atoms with Crippen LogP contribution in [0.3, 0.4) is 0 Å². The first-order chi connectivity index (χ1) is 17.3. The number of carbonyl (C=O) groups excluding carboxylic acids is 2. The molecule has 0 spiro atoms. The molecule has 0 fully saturated rings. The average molecular weight is 519 g/mol. The van der Waals surface area contributed by atoms with E-state index in [1.54, 1.807) is 24.3 Å². The molecule has 0 bridgehead atoms. The van der Waals surface area contributed by atoms with E-state index < -0.39 is 28.4 Å². The van der Waals surface area contributed by atoms with Crippen molar-refractivity contribution in [3.05, 3.63) is 119 Å². The van der Waals surface area contributed by atoms with Gasteiger partial charge in [-0.3, -0.25) is 9.59 Å². The first-order valence-electron chi connectivity index (χ1n) is 11.1. The van der Waals surface area contributed by atoms with Gasteiger partial charge in [-0.1, -0.05) is 77.8 Å². The molecule has 0 aliphatic rings. The van der Waals surface area contributed by atoms with E-state index in [9.17, 15) is 18.0 Å². The third-order valence-electron chi connectivity index (χ3n) is 5.50. The molecule has 4 rings (SSSR count). The highest BCUT2D eigenvalue weighted by atomic mass is 35.5. The lowest BCUT2D eigenvalue weighted by Gasteiger charge is -2.23. The molecule has 0 atom stereocenters. The Kier molecular flexibility index (Phi) is 7.52. The van der Waals surface area contributed by atoms with Crippen molar-refractivity contribution in [2.75, 3.05) is 11.9 Å². The standard InChI is InChI=1S/C28H23ClN2O4S/c1-20-11-13-22(14-12-20)28(33)31(36(34,35)24-17-15-23(29)16-18-24)19-27(32)30-26-10-6-5-9-25(26)21-7-3-2-4-8-21/h2-18H,19H2,1H3,(H,30,32). The number of aryl methyl sites for hydroxylation is 1. The van der Waals surface area contributed by atoms with Crippen molar-refractivity contribution in [1.29, 1.82) is 0 Å². The summed E-state index contributed by atoms with van der Waals surface area (Å²) >= 11 is 5.92. The average Bonchev–Trinajstić information content (AvgIpc) is 2.88. The van der Waals surface area contributed by atoms with E-state index in [4.69, 9.17) is 11.6 Å². The minimum absolute atomic E-state index is 0.148. The van der Waals surface area contributed by atoms with Gasteiger partial charge in [0.1, 0.15) is 6.54 Å². The molecule has 0 heterocycles. The smallest absolute Gasteiger partial charge is 0.268 e. The number of nitrogens with zero attached hydrogens (tertiary/aromatic N) is 1. The fourth-order valence-electron chi connectivity index (χ4n) is 3.62. The predicted molar refractivity (Wildman–Crippen MR) is 141 cm³/mol. The summed E-state index contributed by atoms with van der Waals surface area (Å²) in [6.45, 7) is 1.15. The lowest BCUT2D eigenvalue weighted by atomic mass is 10.0. The number of sulfonamides is 1.